The Morgan fingerprint density at radius 2 is 1.80 bits per heavy atom. The summed E-state index contributed by atoms with van der Waals surface area (Å²) in [6, 6.07) is 7.82. The number of benzene rings is 1. The quantitative estimate of drug-likeness (QED) is 0.772. The van der Waals surface area contributed by atoms with Crippen LogP contribution in [-0.4, -0.2) is 33.4 Å². The molecule has 1 N–H and O–H groups in total. The van der Waals surface area contributed by atoms with E-state index in [1.807, 2.05) is 24.3 Å². The fourth-order valence-electron chi connectivity index (χ4n) is 1.07. The second-order valence-corrected chi connectivity index (χ2v) is 3.96. The van der Waals surface area contributed by atoms with Crippen molar-refractivity contribution in [1.82, 2.24) is 5.32 Å². The van der Waals surface area contributed by atoms with Crippen molar-refractivity contribution < 1.29 is 9.47 Å². The minimum Gasteiger partial charge on any atom is -0.492 e. The van der Waals surface area contributed by atoms with Crippen LogP contribution in [0.25, 0.3) is 0 Å². The first kappa shape index (κ1) is 12.5. The molecule has 0 aliphatic rings. The molecule has 0 bridgehead atoms. The molecule has 0 heterocycles. The summed E-state index contributed by atoms with van der Waals surface area (Å²) in [6.45, 7) is 3.10. The van der Waals surface area contributed by atoms with Crippen molar-refractivity contribution in [3.8, 4) is 5.75 Å². The molecule has 0 atom stereocenters. The Hall–Kier alpha value is -0.580. The Kier molecular flexibility index (Phi) is 6.39. The van der Waals surface area contributed by atoms with Gasteiger partial charge in [-0.05, 0) is 24.3 Å². The molecule has 0 radical (unpaired) electrons. The standard InChI is InChI=1S/C11H16BrNO2/c1-14-8-6-13-7-9-15-11-4-2-10(12)3-5-11/h2-5,13H,6-9H2,1H3. The molecule has 0 saturated carbocycles. The van der Waals surface area contributed by atoms with Gasteiger partial charge in [-0.25, -0.2) is 0 Å². The van der Waals surface area contributed by atoms with E-state index in [4.69, 9.17) is 9.47 Å². The van der Waals surface area contributed by atoms with Crippen LogP contribution >= 0.6 is 15.9 Å². The fourth-order valence-corrected chi connectivity index (χ4v) is 1.34. The summed E-state index contributed by atoms with van der Waals surface area (Å²) in [4.78, 5) is 0. The van der Waals surface area contributed by atoms with E-state index in [0.29, 0.717) is 6.61 Å². The van der Waals surface area contributed by atoms with Gasteiger partial charge in [-0.15, -0.1) is 0 Å². The number of hydrogen-bond acceptors (Lipinski definition) is 3. The van der Waals surface area contributed by atoms with Gasteiger partial charge in [0.15, 0.2) is 0 Å². The van der Waals surface area contributed by atoms with E-state index in [9.17, 15) is 0 Å². The van der Waals surface area contributed by atoms with Crippen LogP contribution in [-0.2, 0) is 4.74 Å². The van der Waals surface area contributed by atoms with Crippen molar-refractivity contribution >= 4 is 15.9 Å². The highest BCUT2D eigenvalue weighted by Crippen LogP contribution is 2.15. The fraction of sp³-hybridized carbons (Fsp3) is 0.455. The van der Waals surface area contributed by atoms with Crippen LogP contribution in [0.15, 0.2) is 28.7 Å². The minimum atomic E-state index is 0.672. The molecule has 0 aliphatic heterocycles. The molecule has 0 unspecified atom stereocenters. The van der Waals surface area contributed by atoms with Gasteiger partial charge in [-0.2, -0.15) is 0 Å². The van der Waals surface area contributed by atoms with Crippen molar-refractivity contribution in [2.24, 2.45) is 0 Å². The molecule has 0 saturated heterocycles. The monoisotopic (exact) mass is 273 g/mol. The van der Waals surface area contributed by atoms with Crippen molar-refractivity contribution in [3.05, 3.63) is 28.7 Å². The van der Waals surface area contributed by atoms with E-state index in [-0.39, 0.29) is 0 Å². The lowest BCUT2D eigenvalue weighted by Crippen LogP contribution is -2.24. The topological polar surface area (TPSA) is 30.5 Å². The molecule has 4 heteroatoms. The van der Waals surface area contributed by atoms with Crippen LogP contribution in [0.4, 0.5) is 0 Å². The maximum absolute atomic E-state index is 5.52. The third-order valence-electron chi connectivity index (χ3n) is 1.84. The highest BCUT2D eigenvalue weighted by Gasteiger charge is 1.93. The highest BCUT2D eigenvalue weighted by molar-refractivity contribution is 9.10. The van der Waals surface area contributed by atoms with Gasteiger partial charge in [0.1, 0.15) is 12.4 Å². The summed E-state index contributed by atoms with van der Waals surface area (Å²) in [5.41, 5.74) is 0. The normalized spacial score (nSPS) is 10.3. The smallest absolute Gasteiger partial charge is 0.119 e. The molecule has 1 rings (SSSR count). The van der Waals surface area contributed by atoms with Gasteiger partial charge in [-0.1, -0.05) is 15.9 Å². The summed E-state index contributed by atoms with van der Waals surface area (Å²) in [5.74, 6) is 0.895. The molecule has 15 heavy (non-hydrogen) atoms. The molecule has 0 aliphatic carbocycles. The summed E-state index contributed by atoms with van der Waals surface area (Å²) >= 11 is 3.37. The van der Waals surface area contributed by atoms with Crippen LogP contribution in [0.2, 0.25) is 0 Å². The van der Waals surface area contributed by atoms with Crippen LogP contribution in [0.3, 0.4) is 0 Å². The van der Waals surface area contributed by atoms with Gasteiger partial charge >= 0.3 is 0 Å². The first-order valence-electron chi connectivity index (χ1n) is 4.91. The lowest BCUT2D eigenvalue weighted by atomic mass is 10.3. The summed E-state index contributed by atoms with van der Waals surface area (Å²) in [7, 11) is 1.69. The van der Waals surface area contributed by atoms with Crippen molar-refractivity contribution in [1.29, 1.82) is 0 Å². The summed E-state index contributed by atoms with van der Waals surface area (Å²) in [6.07, 6.45) is 0. The Morgan fingerprint density at radius 3 is 2.47 bits per heavy atom. The molecule has 0 spiro atoms. The Labute approximate surface area is 98.9 Å². The second kappa shape index (κ2) is 7.68. The summed E-state index contributed by atoms with van der Waals surface area (Å²) in [5, 5.41) is 3.21. The molecule has 84 valence electrons. The minimum absolute atomic E-state index is 0.672. The van der Waals surface area contributed by atoms with E-state index < -0.39 is 0 Å². The first-order valence-corrected chi connectivity index (χ1v) is 5.70. The van der Waals surface area contributed by atoms with Gasteiger partial charge in [0.25, 0.3) is 0 Å². The van der Waals surface area contributed by atoms with Crippen LogP contribution < -0.4 is 10.1 Å². The zero-order valence-electron chi connectivity index (χ0n) is 8.83. The predicted molar refractivity (Wildman–Crippen MR) is 64.4 cm³/mol. The van der Waals surface area contributed by atoms with Crippen molar-refractivity contribution in [2.75, 3.05) is 33.4 Å². The van der Waals surface area contributed by atoms with Crippen LogP contribution in [0.5, 0.6) is 5.75 Å². The number of hydrogen-bond donors (Lipinski definition) is 1. The molecule has 0 fully saturated rings. The van der Waals surface area contributed by atoms with Crippen LogP contribution in [0.1, 0.15) is 0 Å². The summed E-state index contributed by atoms with van der Waals surface area (Å²) < 4.78 is 11.5. The molecular formula is C11H16BrNO2. The van der Waals surface area contributed by atoms with E-state index in [0.717, 1.165) is 29.9 Å². The maximum Gasteiger partial charge on any atom is 0.119 e. The van der Waals surface area contributed by atoms with Crippen LogP contribution in [0, 0.1) is 0 Å². The Bertz CT molecular complexity index is 264. The third-order valence-corrected chi connectivity index (χ3v) is 2.37. The predicted octanol–water partition coefficient (Wildman–Crippen LogP) is 2.06. The number of nitrogens with one attached hydrogen (secondary N) is 1. The average molecular weight is 274 g/mol. The largest absolute Gasteiger partial charge is 0.492 e. The van der Waals surface area contributed by atoms with Gasteiger partial charge in [-0.3, -0.25) is 0 Å². The van der Waals surface area contributed by atoms with E-state index in [1.165, 1.54) is 0 Å². The number of methoxy groups -OCH3 is 1. The van der Waals surface area contributed by atoms with E-state index in [1.54, 1.807) is 7.11 Å². The lowest BCUT2D eigenvalue weighted by Gasteiger charge is -2.07. The number of ether oxygens (including phenoxy) is 2. The van der Waals surface area contributed by atoms with Gasteiger partial charge < -0.3 is 14.8 Å². The van der Waals surface area contributed by atoms with Gasteiger partial charge in [0.05, 0.1) is 6.61 Å². The molecule has 0 aromatic heterocycles. The van der Waals surface area contributed by atoms with Gasteiger partial charge in [0.2, 0.25) is 0 Å². The lowest BCUT2D eigenvalue weighted by molar-refractivity contribution is 0.197. The zero-order valence-corrected chi connectivity index (χ0v) is 10.4. The maximum atomic E-state index is 5.52. The van der Waals surface area contributed by atoms with Crippen molar-refractivity contribution in [2.45, 2.75) is 0 Å². The molecule has 0 amide bonds. The highest BCUT2D eigenvalue weighted by atomic mass is 79.9. The SMILES string of the molecule is COCCNCCOc1ccc(Br)cc1. The molecule has 1 aromatic carbocycles. The zero-order chi connectivity index (χ0) is 10.9. The van der Waals surface area contributed by atoms with Gasteiger partial charge in [0, 0.05) is 24.7 Å². The Balaban J connectivity index is 2.07. The molecular weight excluding hydrogens is 258 g/mol. The first-order chi connectivity index (χ1) is 7.33. The molecule has 1 aromatic rings. The van der Waals surface area contributed by atoms with E-state index >= 15 is 0 Å². The van der Waals surface area contributed by atoms with E-state index in [2.05, 4.69) is 21.2 Å². The average Bonchev–Trinajstić information content (AvgIpc) is 2.26. The third kappa shape index (κ3) is 5.77. The second-order valence-electron chi connectivity index (χ2n) is 3.05. The number of rotatable bonds is 7. The van der Waals surface area contributed by atoms with Crippen molar-refractivity contribution in [3.63, 3.8) is 0 Å². The Morgan fingerprint density at radius 1 is 1.13 bits per heavy atom. The number of halogens is 1. The molecule has 3 nitrogen and oxygen atoms in total.